The number of hydrogen-bond acceptors (Lipinski definition) is 5. The summed E-state index contributed by atoms with van der Waals surface area (Å²) in [5, 5.41) is 0. The van der Waals surface area contributed by atoms with E-state index in [4.69, 9.17) is 9.15 Å². The van der Waals surface area contributed by atoms with E-state index in [2.05, 4.69) is 0 Å². The van der Waals surface area contributed by atoms with Crippen LogP contribution in [0.2, 0.25) is 0 Å². The van der Waals surface area contributed by atoms with E-state index in [1.54, 1.807) is 48.6 Å². The number of rotatable bonds is 12. The van der Waals surface area contributed by atoms with E-state index < -0.39 is 10.0 Å². The van der Waals surface area contributed by atoms with Crippen LogP contribution in [-0.4, -0.2) is 50.3 Å². The first kappa shape index (κ1) is 23.7. The Morgan fingerprint density at radius 3 is 2.25 bits per heavy atom. The van der Waals surface area contributed by atoms with Crippen molar-refractivity contribution in [2.24, 2.45) is 0 Å². The van der Waals surface area contributed by atoms with Crippen molar-refractivity contribution in [2.75, 3.05) is 26.8 Å². The Labute approximate surface area is 189 Å². The third kappa shape index (κ3) is 6.53. The summed E-state index contributed by atoms with van der Waals surface area (Å²) in [5.41, 5.74) is 0.948. The number of amides is 1. The van der Waals surface area contributed by atoms with Crippen molar-refractivity contribution in [2.45, 2.75) is 24.4 Å². The molecule has 32 heavy (non-hydrogen) atoms. The number of benzene rings is 2. The number of methoxy groups -OCH3 is 1. The average molecular weight is 457 g/mol. The number of carbonyl (C=O) groups is 1. The number of hydrogen-bond donors (Lipinski definition) is 0. The monoisotopic (exact) mass is 456 g/mol. The van der Waals surface area contributed by atoms with Gasteiger partial charge in [0.15, 0.2) is 0 Å². The molecule has 3 aromatic rings. The minimum atomic E-state index is -3.84. The molecular formula is C24H28N2O5S. The van der Waals surface area contributed by atoms with Gasteiger partial charge in [0.2, 0.25) is 15.9 Å². The van der Waals surface area contributed by atoms with Crippen LogP contribution in [0.15, 0.2) is 88.4 Å². The van der Waals surface area contributed by atoms with Crippen molar-refractivity contribution < 1.29 is 22.4 Å². The highest BCUT2D eigenvalue weighted by atomic mass is 32.2. The molecule has 0 saturated carbocycles. The third-order valence-corrected chi connectivity index (χ3v) is 6.80. The fourth-order valence-corrected chi connectivity index (χ4v) is 4.74. The van der Waals surface area contributed by atoms with Gasteiger partial charge >= 0.3 is 0 Å². The molecule has 0 fully saturated rings. The van der Waals surface area contributed by atoms with Crippen molar-refractivity contribution in [1.29, 1.82) is 0 Å². The molecule has 0 aliphatic heterocycles. The number of nitrogens with zero attached hydrogens (tertiary/aromatic N) is 2. The topological polar surface area (TPSA) is 80.1 Å². The van der Waals surface area contributed by atoms with Crippen molar-refractivity contribution >= 4 is 15.9 Å². The van der Waals surface area contributed by atoms with Gasteiger partial charge in [-0.05, 0) is 36.2 Å². The SMILES string of the molecule is COCCCN(CC(=O)N(Cc1ccccc1)Cc1ccco1)S(=O)(=O)c1ccccc1. The predicted molar refractivity (Wildman–Crippen MR) is 121 cm³/mol. The molecule has 0 aliphatic carbocycles. The molecule has 0 N–H and O–H groups in total. The van der Waals surface area contributed by atoms with Gasteiger partial charge in [-0.2, -0.15) is 4.31 Å². The van der Waals surface area contributed by atoms with Gasteiger partial charge < -0.3 is 14.1 Å². The van der Waals surface area contributed by atoms with Gasteiger partial charge in [-0.3, -0.25) is 4.79 Å². The van der Waals surface area contributed by atoms with E-state index in [0.717, 1.165) is 5.56 Å². The molecule has 7 nitrogen and oxygen atoms in total. The zero-order valence-electron chi connectivity index (χ0n) is 18.1. The van der Waals surface area contributed by atoms with Crippen LogP contribution in [0.1, 0.15) is 17.7 Å². The van der Waals surface area contributed by atoms with Crippen LogP contribution < -0.4 is 0 Å². The van der Waals surface area contributed by atoms with Gasteiger partial charge in [0.1, 0.15) is 5.76 Å². The van der Waals surface area contributed by atoms with Crippen LogP contribution in [-0.2, 0) is 32.6 Å². The van der Waals surface area contributed by atoms with Gasteiger partial charge in [-0.15, -0.1) is 0 Å². The van der Waals surface area contributed by atoms with E-state index in [0.29, 0.717) is 25.3 Å². The number of furan rings is 1. The second-order valence-electron chi connectivity index (χ2n) is 7.31. The van der Waals surface area contributed by atoms with Crippen molar-refractivity contribution in [1.82, 2.24) is 9.21 Å². The summed E-state index contributed by atoms with van der Waals surface area (Å²) < 4.78 is 38.3. The number of sulfonamides is 1. The molecule has 0 unspecified atom stereocenters. The largest absolute Gasteiger partial charge is 0.467 e. The maximum absolute atomic E-state index is 13.3. The minimum absolute atomic E-state index is 0.158. The van der Waals surface area contributed by atoms with Crippen LogP contribution in [0.3, 0.4) is 0 Å². The lowest BCUT2D eigenvalue weighted by Gasteiger charge is -2.27. The van der Waals surface area contributed by atoms with E-state index in [-0.39, 0.29) is 30.4 Å². The van der Waals surface area contributed by atoms with Gasteiger partial charge in [-0.1, -0.05) is 48.5 Å². The first-order valence-corrected chi connectivity index (χ1v) is 11.8. The smallest absolute Gasteiger partial charge is 0.243 e. The highest BCUT2D eigenvalue weighted by Gasteiger charge is 2.28. The fraction of sp³-hybridized carbons (Fsp3) is 0.292. The van der Waals surface area contributed by atoms with E-state index in [1.165, 1.54) is 16.4 Å². The first-order chi connectivity index (χ1) is 15.5. The molecule has 2 aromatic carbocycles. The molecule has 3 rings (SSSR count). The minimum Gasteiger partial charge on any atom is -0.467 e. The van der Waals surface area contributed by atoms with E-state index in [9.17, 15) is 13.2 Å². The van der Waals surface area contributed by atoms with Gasteiger partial charge in [0.05, 0.1) is 24.2 Å². The molecule has 1 amide bonds. The fourth-order valence-electron chi connectivity index (χ4n) is 3.29. The standard InChI is InChI=1S/C24H28N2O5S/c1-30-16-9-15-26(32(28,29)23-13-6-3-7-14-23)20-24(27)25(19-22-12-8-17-31-22)18-21-10-4-2-5-11-21/h2-8,10-14,17H,9,15-16,18-20H2,1H3. The van der Waals surface area contributed by atoms with Crippen LogP contribution >= 0.6 is 0 Å². The zero-order valence-corrected chi connectivity index (χ0v) is 18.9. The van der Waals surface area contributed by atoms with Crippen LogP contribution in [0.5, 0.6) is 0 Å². The van der Waals surface area contributed by atoms with Crippen LogP contribution in [0.25, 0.3) is 0 Å². The normalized spacial score (nSPS) is 11.6. The summed E-state index contributed by atoms with van der Waals surface area (Å²) in [6.07, 6.45) is 2.03. The molecule has 1 heterocycles. The highest BCUT2D eigenvalue weighted by Crippen LogP contribution is 2.18. The summed E-state index contributed by atoms with van der Waals surface area (Å²) in [7, 11) is -2.28. The van der Waals surface area contributed by atoms with Crippen molar-refractivity contribution in [3.63, 3.8) is 0 Å². The Hall–Kier alpha value is -2.94. The quantitative estimate of drug-likeness (QED) is 0.390. The van der Waals surface area contributed by atoms with Crippen molar-refractivity contribution in [3.05, 3.63) is 90.4 Å². The Morgan fingerprint density at radius 1 is 0.938 bits per heavy atom. The summed E-state index contributed by atoms with van der Waals surface area (Å²) >= 11 is 0. The van der Waals surface area contributed by atoms with E-state index >= 15 is 0 Å². The summed E-state index contributed by atoms with van der Waals surface area (Å²) in [4.78, 5) is 15.1. The second kappa shape index (κ2) is 11.6. The van der Waals surface area contributed by atoms with E-state index in [1.807, 2.05) is 30.3 Å². The molecule has 0 aliphatic rings. The molecule has 0 bridgehead atoms. The molecular weight excluding hydrogens is 428 g/mol. The average Bonchev–Trinajstić information content (AvgIpc) is 3.32. The molecule has 0 saturated heterocycles. The molecule has 0 atom stereocenters. The number of ether oxygens (including phenoxy) is 1. The zero-order chi connectivity index (χ0) is 22.8. The van der Waals surface area contributed by atoms with Gasteiger partial charge in [-0.25, -0.2) is 8.42 Å². The molecule has 0 radical (unpaired) electrons. The number of carbonyl (C=O) groups excluding carboxylic acids is 1. The lowest BCUT2D eigenvalue weighted by atomic mass is 10.2. The predicted octanol–water partition coefficient (Wildman–Crippen LogP) is 3.54. The molecule has 8 heteroatoms. The van der Waals surface area contributed by atoms with Crippen molar-refractivity contribution in [3.8, 4) is 0 Å². The maximum atomic E-state index is 13.3. The maximum Gasteiger partial charge on any atom is 0.243 e. The summed E-state index contributed by atoms with van der Waals surface area (Å²) in [6, 6.07) is 21.3. The lowest BCUT2D eigenvalue weighted by molar-refractivity contribution is -0.133. The molecule has 0 spiro atoms. The van der Waals surface area contributed by atoms with Gasteiger partial charge in [0, 0.05) is 26.8 Å². The molecule has 170 valence electrons. The Balaban J connectivity index is 1.83. The highest BCUT2D eigenvalue weighted by molar-refractivity contribution is 7.89. The summed E-state index contributed by atoms with van der Waals surface area (Å²) in [6.45, 7) is 0.899. The second-order valence-corrected chi connectivity index (χ2v) is 9.25. The van der Waals surface area contributed by atoms with Gasteiger partial charge in [0.25, 0.3) is 0 Å². The molecule has 1 aromatic heterocycles. The lowest BCUT2D eigenvalue weighted by Crippen LogP contribution is -2.43. The Morgan fingerprint density at radius 2 is 1.62 bits per heavy atom. The Kier molecular flexibility index (Phi) is 8.61. The first-order valence-electron chi connectivity index (χ1n) is 10.4. The summed E-state index contributed by atoms with van der Waals surface area (Å²) in [5.74, 6) is 0.327. The van der Waals surface area contributed by atoms with Crippen LogP contribution in [0.4, 0.5) is 0 Å². The third-order valence-electron chi connectivity index (χ3n) is 4.94. The Bertz CT molecular complexity index is 1050. The van der Waals surface area contributed by atoms with Crippen LogP contribution in [0, 0.1) is 0 Å².